The molecule has 0 bridgehead atoms. The molecular formula is C23H48N8O4. The predicted molar refractivity (Wildman–Crippen MR) is 137 cm³/mol. The van der Waals surface area contributed by atoms with Crippen molar-refractivity contribution >= 4 is 23.6 Å². The van der Waals surface area contributed by atoms with Crippen LogP contribution >= 0.6 is 0 Å². The number of amides is 4. The summed E-state index contributed by atoms with van der Waals surface area (Å²) in [4.78, 5) is 51.8. The van der Waals surface area contributed by atoms with Crippen LogP contribution in [-0.2, 0) is 19.2 Å². The molecule has 0 atom stereocenters. The zero-order chi connectivity index (χ0) is 26.3. The molecule has 0 aromatic heterocycles. The van der Waals surface area contributed by atoms with E-state index in [-0.39, 0.29) is 23.6 Å². The molecule has 0 aromatic carbocycles. The molecule has 0 aliphatic heterocycles. The smallest absolute Gasteiger partial charge is 0.221 e. The second-order valence-corrected chi connectivity index (χ2v) is 8.25. The summed E-state index contributed by atoms with van der Waals surface area (Å²) in [5.41, 5.74) is 10.8. The van der Waals surface area contributed by atoms with Gasteiger partial charge in [-0.25, -0.2) is 0 Å². The Morgan fingerprint density at radius 1 is 0.543 bits per heavy atom. The van der Waals surface area contributed by atoms with Gasteiger partial charge in [0.05, 0.1) is 0 Å². The van der Waals surface area contributed by atoms with Crippen LogP contribution in [-0.4, -0.2) is 112 Å². The van der Waals surface area contributed by atoms with Crippen molar-refractivity contribution in [2.45, 2.75) is 46.0 Å². The molecule has 12 heteroatoms. The summed E-state index contributed by atoms with van der Waals surface area (Å²) in [5, 5.41) is 11.3. The van der Waals surface area contributed by atoms with E-state index in [1.165, 1.54) is 0 Å². The summed E-state index contributed by atoms with van der Waals surface area (Å²) in [5.74, 6) is -0.190. The molecule has 0 unspecified atom stereocenters. The lowest BCUT2D eigenvalue weighted by molar-refractivity contribution is -0.123. The molecule has 0 aromatic rings. The van der Waals surface area contributed by atoms with Crippen molar-refractivity contribution in [2.75, 3.05) is 78.5 Å². The fourth-order valence-corrected chi connectivity index (χ4v) is 3.25. The van der Waals surface area contributed by atoms with E-state index >= 15 is 0 Å². The SMILES string of the molecule is CCCC(=O)NCCN(CC)CCC(=O)NCCN(CCC(=O)NCCN)CCC(=O)NCCN. The summed E-state index contributed by atoms with van der Waals surface area (Å²) in [7, 11) is 0. The summed E-state index contributed by atoms with van der Waals surface area (Å²) in [6.07, 6.45) is 2.29. The van der Waals surface area contributed by atoms with Crippen molar-refractivity contribution < 1.29 is 19.2 Å². The Morgan fingerprint density at radius 2 is 0.914 bits per heavy atom. The molecule has 0 fully saturated rings. The van der Waals surface area contributed by atoms with Gasteiger partial charge in [0.15, 0.2) is 0 Å². The first-order chi connectivity index (χ1) is 16.9. The molecule has 0 aliphatic carbocycles. The van der Waals surface area contributed by atoms with E-state index in [2.05, 4.69) is 26.2 Å². The average Bonchev–Trinajstić information content (AvgIpc) is 2.84. The summed E-state index contributed by atoms with van der Waals surface area (Å²) in [6, 6.07) is 0. The van der Waals surface area contributed by atoms with Crippen LogP contribution in [0, 0.1) is 0 Å². The van der Waals surface area contributed by atoms with Crippen molar-refractivity contribution in [2.24, 2.45) is 11.5 Å². The summed E-state index contributed by atoms with van der Waals surface area (Å²) < 4.78 is 0. The first kappa shape index (κ1) is 32.7. The number of nitrogens with one attached hydrogen (secondary N) is 4. The largest absolute Gasteiger partial charge is 0.355 e. The van der Waals surface area contributed by atoms with Gasteiger partial charge in [0, 0.05) is 97.7 Å². The van der Waals surface area contributed by atoms with Gasteiger partial charge in [-0.3, -0.25) is 19.2 Å². The van der Waals surface area contributed by atoms with Crippen molar-refractivity contribution in [3.63, 3.8) is 0 Å². The Morgan fingerprint density at radius 3 is 1.31 bits per heavy atom. The third-order valence-corrected chi connectivity index (χ3v) is 5.32. The third kappa shape index (κ3) is 19.7. The molecule has 0 aliphatic rings. The number of likely N-dealkylation sites (N-methyl/N-ethyl adjacent to an activating group) is 1. The molecule has 12 nitrogen and oxygen atoms in total. The van der Waals surface area contributed by atoms with Crippen LogP contribution in [0.25, 0.3) is 0 Å². The van der Waals surface area contributed by atoms with E-state index in [1.807, 2.05) is 18.7 Å². The topological polar surface area (TPSA) is 175 Å². The molecule has 0 spiro atoms. The molecule has 0 saturated heterocycles. The van der Waals surface area contributed by atoms with Crippen molar-refractivity contribution in [1.82, 2.24) is 31.1 Å². The maximum atomic E-state index is 12.3. The van der Waals surface area contributed by atoms with Crippen molar-refractivity contribution in [3.05, 3.63) is 0 Å². The van der Waals surface area contributed by atoms with Crippen molar-refractivity contribution in [3.8, 4) is 0 Å². The number of carbonyl (C=O) groups excluding carboxylic acids is 4. The van der Waals surface area contributed by atoms with Crippen LogP contribution in [0.1, 0.15) is 46.0 Å². The minimum absolute atomic E-state index is 0.0552. The number of hydrogen-bond donors (Lipinski definition) is 6. The van der Waals surface area contributed by atoms with E-state index in [9.17, 15) is 19.2 Å². The van der Waals surface area contributed by atoms with E-state index in [1.54, 1.807) is 0 Å². The summed E-state index contributed by atoms with van der Waals surface area (Å²) in [6.45, 7) is 10.2. The van der Waals surface area contributed by atoms with Gasteiger partial charge in [0.2, 0.25) is 23.6 Å². The molecule has 8 N–H and O–H groups in total. The fraction of sp³-hybridized carbons (Fsp3) is 0.826. The van der Waals surface area contributed by atoms with Gasteiger partial charge in [0.25, 0.3) is 0 Å². The zero-order valence-electron chi connectivity index (χ0n) is 21.7. The highest BCUT2D eigenvalue weighted by molar-refractivity contribution is 5.77. The lowest BCUT2D eigenvalue weighted by atomic mass is 10.3. The normalized spacial score (nSPS) is 10.9. The standard InChI is InChI=1S/C23H48N8O4/c1-3-5-20(32)28-13-18-30(4-2)15-6-23(35)29-14-19-31(16-7-21(33)26-11-9-24)17-8-22(34)27-12-10-25/h3-19,24-25H2,1-2H3,(H,26,33)(H,27,34)(H,28,32)(H,29,35). The molecule has 4 amide bonds. The Hall–Kier alpha value is -2.28. The number of nitrogens with two attached hydrogens (primary N) is 2. The van der Waals surface area contributed by atoms with Gasteiger partial charge >= 0.3 is 0 Å². The number of hydrogen-bond acceptors (Lipinski definition) is 8. The lowest BCUT2D eigenvalue weighted by Crippen LogP contribution is -2.40. The molecule has 0 radical (unpaired) electrons. The maximum absolute atomic E-state index is 12.3. The van der Waals surface area contributed by atoms with E-state index in [4.69, 9.17) is 11.5 Å². The van der Waals surface area contributed by atoms with Crippen LogP contribution in [0.5, 0.6) is 0 Å². The number of nitrogens with zero attached hydrogens (tertiary/aromatic N) is 2. The first-order valence-electron chi connectivity index (χ1n) is 12.8. The molecule has 0 heterocycles. The second-order valence-electron chi connectivity index (χ2n) is 8.25. The molecule has 204 valence electrons. The van der Waals surface area contributed by atoms with E-state index < -0.39 is 0 Å². The van der Waals surface area contributed by atoms with Gasteiger partial charge in [-0.05, 0) is 13.0 Å². The highest BCUT2D eigenvalue weighted by Crippen LogP contribution is 1.96. The Bertz CT molecular complexity index is 582. The Balaban J connectivity index is 4.39. The van der Waals surface area contributed by atoms with E-state index in [0.29, 0.717) is 97.7 Å². The minimum Gasteiger partial charge on any atom is -0.355 e. The highest BCUT2D eigenvalue weighted by atomic mass is 16.2. The van der Waals surface area contributed by atoms with Gasteiger partial charge in [0.1, 0.15) is 0 Å². The van der Waals surface area contributed by atoms with Gasteiger partial charge in [-0.1, -0.05) is 13.8 Å². The van der Waals surface area contributed by atoms with Gasteiger partial charge in [-0.15, -0.1) is 0 Å². The zero-order valence-corrected chi connectivity index (χ0v) is 21.7. The minimum atomic E-state index is -0.0948. The van der Waals surface area contributed by atoms with Gasteiger partial charge in [-0.2, -0.15) is 0 Å². The van der Waals surface area contributed by atoms with Crippen LogP contribution in [0.4, 0.5) is 0 Å². The fourth-order valence-electron chi connectivity index (χ4n) is 3.25. The van der Waals surface area contributed by atoms with Crippen LogP contribution in [0.15, 0.2) is 0 Å². The molecule has 0 rings (SSSR count). The quantitative estimate of drug-likeness (QED) is 0.0986. The summed E-state index contributed by atoms with van der Waals surface area (Å²) >= 11 is 0. The molecule has 35 heavy (non-hydrogen) atoms. The lowest BCUT2D eigenvalue weighted by Gasteiger charge is -2.23. The van der Waals surface area contributed by atoms with Gasteiger partial charge < -0.3 is 42.5 Å². The van der Waals surface area contributed by atoms with Crippen LogP contribution in [0.2, 0.25) is 0 Å². The maximum Gasteiger partial charge on any atom is 0.221 e. The molecule has 0 saturated carbocycles. The third-order valence-electron chi connectivity index (χ3n) is 5.32. The van der Waals surface area contributed by atoms with Crippen LogP contribution < -0.4 is 32.7 Å². The average molecular weight is 501 g/mol. The highest BCUT2D eigenvalue weighted by Gasteiger charge is 2.12. The van der Waals surface area contributed by atoms with Crippen LogP contribution in [0.3, 0.4) is 0 Å². The van der Waals surface area contributed by atoms with Crippen molar-refractivity contribution in [1.29, 1.82) is 0 Å². The second kappa shape index (κ2) is 22.2. The molecular weight excluding hydrogens is 452 g/mol. The Labute approximate surface area is 210 Å². The monoisotopic (exact) mass is 500 g/mol. The number of carbonyl (C=O) groups is 4. The first-order valence-corrected chi connectivity index (χ1v) is 12.8. The van der Waals surface area contributed by atoms with E-state index in [0.717, 1.165) is 13.0 Å². The predicted octanol–water partition coefficient (Wildman–Crippen LogP) is -2.04. The Kier molecular flexibility index (Phi) is 20.8. The number of rotatable bonds is 22.